The molecule has 0 aromatic carbocycles. The van der Waals surface area contributed by atoms with Crippen LogP contribution in [0.15, 0.2) is 24.5 Å². The molecule has 29 heavy (non-hydrogen) atoms. The lowest BCUT2D eigenvalue weighted by Crippen LogP contribution is -2.38. The van der Waals surface area contributed by atoms with E-state index < -0.39 is 44.7 Å². The highest BCUT2D eigenvalue weighted by Crippen LogP contribution is 2.78. The third kappa shape index (κ3) is 6.96. The van der Waals surface area contributed by atoms with E-state index in [0.29, 0.717) is 5.56 Å². The molecule has 0 aliphatic rings. The van der Waals surface area contributed by atoms with E-state index in [0.717, 1.165) is 0 Å². The first-order valence-electron chi connectivity index (χ1n) is 9.80. The lowest BCUT2D eigenvalue weighted by Gasteiger charge is -2.41. The first-order valence-corrected chi connectivity index (χ1v) is 12.9. The number of hydrogen-bond acceptors (Lipinski definition) is 8. The summed E-state index contributed by atoms with van der Waals surface area (Å²) in [5.74, 6) is 0. The van der Waals surface area contributed by atoms with Gasteiger partial charge < -0.3 is 23.2 Å². The molecule has 0 radical (unpaired) electrons. The summed E-state index contributed by atoms with van der Waals surface area (Å²) < 4.78 is 50.6. The maximum absolute atomic E-state index is 14.0. The van der Waals surface area contributed by atoms with Crippen LogP contribution in [0.1, 0.15) is 61.0 Å². The van der Waals surface area contributed by atoms with Crippen LogP contribution in [-0.2, 0) is 33.6 Å². The van der Waals surface area contributed by atoms with Crippen molar-refractivity contribution in [3.8, 4) is 0 Å². The number of aliphatic hydroxyl groups is 1. The smallest absolute Gasteiger partial charge is 0.367 e. The predicted molar refractivity (Wildman–Crippen MR) is 113 cm³/mol. The average molecular weight is 451 g/mol. The maximum atomic E-state index is 14.0. The third-order valence-electron chi connectivity index (χ3n) is 3.47. The summed E-state index contributed by atoms with van der Waals surface area (Å²) in [5.41, 5.74) is 0.530. The molecule has 0 aliphatic carbocycles. The fraction of sp³-hybridized carbons (Fsp3) is 0.737. The zero-order valence-corrected chi connectivity index (χ0v) is 20.4. The van der Waals surface area contributed by atoms with E-state index in [2.05, 4.69) is 4.98 Å². The van der Waals surface area contributed by atoms with Gasteiger partial charge in [0.1, 0.15) is 0 Å². The van der Waals surface area contributed by atoms with Crippen molar-refractivity contribution in [1.29, 1.82) is 0 Å². The largest absolute Gasteiger partial charge is 0.375 e. The van der Waals surface area contributed by atoms with Crippen molar-refractivity contribution < 1.29 is 32.3 Å². The molecule has 1 heterocycles. The van der Waals surface area contributed by atoms with E-state index in [4.69, 9.17) is 18.1 Å². The number of nitrogens with zero attached hydrogens (tertiary/aromatic N) is 1. The van der Waals surface area contributed by atoms with Crippen LogP contribution in [-0.4, -0.2) is 39.6 Å². The Kier molecular flexibility index (Phi) is 9.69. The first kappa shape index (κ1) is 26.4. The summed E-state index contributed by atoms with van der Waals surface area (Å²) in [6.45, 7) is 13.2. The van der Waals surface area contributed by atoms with E-state index in [1.54, 1.807) is 67.5 Å². The molecule has 0 saturated heterocycles. The van der Waals surface area contributed by atoms with Gasteiger partial charge in [-0.05, 0) is 73.1 Å². The van der Waals surface area contributed by atoms with Crippen molar-refractivity contribution in [3.05, 3.63) is 30.1 Å². The van der Waals surface area contributed by atoms with E-state index in [9.17, 15) is 14.2 Å². The second kappa shape index (κ2) is 10.6. The van der Waals surface area contributed by atoms with Gasteiger partial charge in [-0.3, -0.25) is 14.1 Å². The van der Waals surface area contributed by atoms with Crippen molar-refractivity contribution in [2.45, 2.75) is 91.3 Å². The Balaban J connectivity index is 3.72. The lowest BCUT2D eigenvalue weighted by atomic mass is 10.2. The van der Waals surface area contributed by atoms with E-state index >= 15 is 0 Å². The van der Waals surface area contributed by atoms with Crippen molar-refractivity contribution in [1.82, 2.24) is 4.98 Å². The summed E-state index contributed by atoms with van der Waals surface area (Å²) >= 11 is 0. The molecule has 0 atom stereocenters. The zero-order valence-electron chi connectivity index (χ0n) is 18.6. The quantitative estimate of drug-likeness (QED) is 0.424. The van der Waals surface area contributed by atoms with Gasteiger partial charge in [-0.2, -0.15) is 0 Å². The molecule has 0 fully saturated rings. The summed E-state index contributed by atoms with van der Waals surface area (Å²) in [4.78, 5) is 3.95. The van der Waals surface area contributed by atoms with Gasteiger partial charge in [-0.15, -0.1) is 0 Å². The Morgan fingerprint density at radius 3 is 1.38 bits per heavy atom. The summed E-state index contributed by atoms with van der Waals surface area (Å²) in [6.07, 6.45) is 0.411. The number of aromatic nitrogens is 1. The highest BCUT2D eigenvalue weighted by molar-refractivity contribution is 7.73. The molecular formula is C19H35NO7P2. The van der Waals surface area contributed by atoms with Gasteiger partial charge in [-0.1, -0.05) is 0 Å². The molecule has 1 N–H and O–H groups in total. The van der Waals surface area contributed by atoms with Crippen molar-refractivity contribution in [2.24, 2.45) is 0 Å². The van der Waals surface area contributed by atoms with Crippen LogP contribution in [0.3, 0.4) is 0 Å². The minimum Gasteiger partial charge on any atom is -0.367 e. The Labute approximate surface area is 174 Å². The van der Waals surface area contributed by atoms with Crippen LogP contribution in [0.2, 0.25) is 0 Å². The number of rotatable bonds is 12. The van der Waals surface area contributed by atoms with Gasteiger partial charge in [0, 0.05) is 18.8 Å². The minimum atomic E-state index is -4.43. The standard InChI is InChI=1S/C19H35NO7P2/c1-14(2)24-28(22,25-15(3)4)19(21,13-18-9-11-20-12-10-18)29(23,26-16(5)6)27-17(7)8/h9-12,14-17,21H,13H2,1-8H3. The Morgan fingerprint density at radius 1 is 0.793 bits per heavy atom. The zero-order chi connectivity index (χ0) is 22.5. The van der Waals surface area contributed by atoms with E-state index in [-0.39, 0.29) is 6.42 Å². The molecule has 168 valence electrons. The second-order valence-corrected chi connectivity index (χ2v) is 12.6. The Bertz CT molecular complexity index is 657. The molecule has 0 spiro atoms. The summed E-state index contributed by atoms with van der Waals surface area (Å²) in [5, 5.41) is 9.29. The summed E-state index contributed by atoms with van der Waals surface area (Å²) in [6, 6.07) is 3.24. The lowest BCUT2D eigenvalue weighted by molar-refractivity contribution is 0.0461. The fourth-order valence-corrected chi connectivity index (χ4v) is 8.13. The van der Waals surface area contributed by atoms with E-state index in [1.165, 1.54) is 12.4 Å². The van der Waals surface area contributed by atoms with Gasteiger partial charge in [0.05, 0.1) is 24.4 Å². The maximum Gasteiger partial charge on any atom is 0.375 e. The SMILES string of the molecule is CC(C)OP(=O)(OC(C)C)C(O)(Cc1ccncc1)P(=O)(OC(C)C)OC(C)C. The fourth-order valence-electron chi connectivity index (χ4n) is 2.62. The molecule has 10 heteroatoms. The molecule has 0 bridgehead atoms. The molecule has 0 aliphatic heterocycles. The van der Waals surface area contributed by atoms with E-state index in [1.807, 2.05) is 0 Å². The van der Waals surface area contributed by atoms with Crippen molar-refractivity contribution in [2.75, 3.05) is 0 Å². The molecule has 1 aromatic heterocycles. The Morgan fingerprint density at radius 2 is 1.10 bits per heavy atom. The predicted octanol–water partition coefficient (Wildman–Crippen LogP) is 5.36. The molecule has 1 rings (SSSR count). The minimum absolute atomic E-state index is 0.330. The molecule has 8 nitrogen and oxygen atoms in total. The average Bonchev–Trinajstić information content (AvgIpc) is 2.52. The number of hydrogen-bond donors (Lipinski definition) is 1. The van der Waals surface area contributed by atoms with Crippen molar-refractivity contribution in [3.63, 3.8) is 0 Å². The van der Waals surface area contributed by atoms with Gasteiger partial charge >= 0.3 is 15.2 Å². The van der Waals surface area contributed by atoms with Crippen LogP contribution < -0.4 is 0 Å². The topological polar surface area (TPSA) is 104 Å². The molecule has 0 amide bonds. The van der Waals surface area contributed by atoms with Crippen LogP contribution in [0.5, 0.6) is 0 Å². The highest BCUT2D eigenvalue weighted by atomic mass is 31.2. The molecule has 1 aromatic rings. The van der Waals surface area contributed by atoms with Crippen LogP contribution in [0.25, 0.3) is 0 Å². The Hall–Kier alpha value is -0.590. The van der Waals surface area contributed by atoms with Crippen LogP contribution in [0.4, 0.5) is 0 Å². The normalized spacial score (nSPS) is 13.8. The van der Waals surface area contributed by atoms with Gasteiger partial charge in [0.2, 0.25) is 0 Å². The van der Waals surface area contributed by atoms with Gasteiger partial charge in [0.25, 0.3) is 5.08 Å². The van der Waals surface area contributed by atoms with Crippen molar-refractivity contribution >= 4 is 15.2 Å². The van der Waals surface area contributed by atoms with Crippen LogP contribution >= 0.6 is 15.2 Å². The summed E-state index contributed by atoms with van der Waals surface area (Å²) in [7, 11) is -8.86. The van der Waals surface area contributed by atoms with Gasteiger partial charge in [-0.25, -0.2) is 0 Å². The monoisotopic (exact) mass is 451 g/mol. The molecular weight excluding hydrogens is 416 g/mol. The molecule has 0 unspecified atom stereocenters. The van der Waals surface area contributed by atoms with Gasteiger partial charge in [0.15, 0.2) is 0 Å². The first-order chi connectivity index (χ1) is 13.2. The van der Waals surface area contributed by atoms with Crippen LogP contribution in [0, 0.1) is 0 Å². The highest BCUT2D eigenvalue weighted by Gasteiger charge is 2.66. The number of pyridine rings is 1. The third-order valence-corrected chi connectivity index (χ3v) is 9.80. The molecule has 0 saturated carbocycles. The second-order valence-electron chi connectivity index (χ2n) is 7.92.